The molecule has 4 atom stereocenters. The molecule has 14 heteroatoms. The number of rotatable bonds is 17. The molecule has 3 aromatic rings. The minimum atomic E-state index is -1.63. The molecule has 44 heavy (non-hydrogen) atoms. The van der Waals surface area contributed by atoms with Crippen molar-refractivity contribution in [3.05, 3.63) is 65.9 Å². The number of carboxylic acid groups (broad SMARTS) is 1. The van der Waals surface area contributed by atoms with E-state index in [4.69, 9.17) is 17.2 Å². The number of aliphatic carboxylic acids is 1. The van der Waals surface area contributed by atoms with Gasteiger partial charge in [0.2, 0.25) is 23.6 Å². The summed E-state index contributed by atoms with van der Waals surface area (Å²) in [6.07, 6.45) is 2.66. The first kappa shape index (κ1) is 33.6. The summed E-state index contributed by atoms with van der Waals surface area (Å²) < 4.78 is 0. The number of primary amides is 1. The predicted octanol–water partition coefficient (Wildman–Crippen LogP) is -0.471. The van der Waals surface area contributed by atoms with E-state index in [2.05, 4.69) is 20.9 Å². The third-order valence-corrected chi connectivity index (χ3v) is 7.07. The molecule has 1 aromatic heterocycles. The average Bonchev–Trinajstić information content (AvgIpc) is 3.39. The van der Waals surface area contributed by atoms with Gasteiger partial charge in [-0.05, 0) is 48.7 Å². The van der Waals surface area contributed by atoms with E-state index in [0.717, 1.165) is 16.5 Å². The number of phenolic OH excluding ortho intramolecular Hbond substituents is 1. The summed E-state index contributed by atoms with van der Waals surface area (Å²) in [4.78, 5) is 66.3. The highest BCUT2D eigenvalue weighted by Crippen LogP contribution is 2.20. The SMILES string of the molecule is NCCCCC(N)C(=O)NC(Cc1c[nH]c2ccccc12)C(=O)NC(Cc1ccc(O)cc1)C(=O)NC(CC(N)=O)C(=O)O. The number of aromatic nitrogens is 1. The lowest BCUT2D eigenvalue weighted by atomic mass is 10.0. The van der Waals surface area contributed by atoms with Crippen LogP contribution in [0.3, 0.4) is 0 Å². The fourth-order valence-electron chi connectivity index (χ4n) is 4.67. The molecule has 0 aliphatic heterocycles. The van der Waals surface area contributed by atoms with Crippen LogP contribution >= 0.6 is 0 Å². The van der Waals surface area contributed by atoms with Crippen LogP contribution in [0.1, 0.15) is 36.8 Å². The number of benzene rings is 2. The summed E-state index contributed by atoms with van der Waals surface area (Å²) in [5.74, 6) is -4.63. The molecule has 1 heterocycles. The third kappa shape index (κ3) is 9.81. The molecule has 4 unspecified atom stereocenters. The average molecular weight is 610 g/mol. The Kier molecular flexibility index (Phi) is 12.2. The molecule has 0 saturated heterocycles. The topological polar surface area (TPSA) is 256 Å². The molecule has 0 fully saturated rings. The van der Waals surface area contributed by atoms with Gasteiger partial charge in [-0.2, -0.15) is 0 Å². The van der Waals surface area contributed by atoms with E-state index in [1.54, 1.807) is 6.20 Å². The van der Waals surface area contributed by atoms with Crippen LogP contribution < -0.4 is 33.2 Å². The molecule has 3 rings (SSSR count). The van der Waals surface area contributed by atoms with Crippen molar-refractivity contribution in [2.75, 3.05) is 6.54 Å². The highest BCUT2D eigenvalue weighted by atomic mass is 16.4. The Bertz CT molecular complexity index is 1460. The molecule has 0 bridgehead atoms. The van der Waals surface area contributed by atoms with Crippen molar-refractivity contribution in [1.82, 2.24) is 20.9 Å². The Hall–Kier alpha value is -4.95. The van der Waals surface area contributed by atoms with E-state index in [1.807, 2.05) is 24.3 Å². The van der Waals surface area contributed by atoms with Crippen molar-refractivity contribution >= 4 is 40.5 Å². The molecular formula is C30H39N7O7. The molecule has 0 spiro atoms. The number of phenols is 1. The normalized spacial score (nSPS) is 13.8. The number of para-hydroxylation sites is 1. The smallest absolute Gasteiger partial charge is 0.326 e. The lowest BCUT2D eigenvalue weighted by molar-refractivity contribution is -0.143. The van der Waals surface area contributed by atoms with Gasteiger partial charge < -0.3 is 48.3 Å². The van der Waals surface area contributed by atoms with Crippen LogP contribution in [0.15, 0.2) is 54.7 Å². The van der Waals surface area contributed by atoms with Crippen LogP contribution in [0.25, 0.3) is 10.9 Å². The molecule has 236 valence electrons. The number of nitrogens with one attached hydrogen (secondary N) is 4. The zero-order valence-electron chi connectivity index (χ0n) is 24.1. The Morgan fingerprint density at radius 2 is 1.43 bits per heavy atom. The molecular weight excluding hydrogens is 570 g/mol. The van der Waals surface area contributed by atoms with Crippen molar-refractivity contribution in [2.24, 2.45) is 17.2 Å². The lowest BCUT2D eigenvalue weighted by Gasteiger charge is -2.25. The Morgan fingerprint density at radius 3 is 2.07 bits per heavy atom. The lowest BCUT2D eigenvalue weighted by Crippen LogP contribution is -2.58. The molecule has 0 aliphatic rings. The van der Waals surface area contributed by atoms with Gasteiger partial charge in [0.25, 0.3) is 0 Å². The van der Waals surface area contributed by atoms with Crippen LogP contribution in [0.4, 0.5) is 0 Å². The van der Waals surface area contributed by atoms with Gasteiger partial charge in [-0.1, -0.05) is 36.8 Å². The van der Waals surface area contributed by atoms with Crippen LogP contribution in [0.2, 0.25) is 0 Å². The van der Waals surface area contributed by atoms with Gasteiger partial charge in [-0.25, -0.2) is 4.79 Å². The van der Waals surface area contributed by atoms with E-state index in [-0.39, 0.29) is 18.6 Å². The van der Waals surface area contributed by atoms with Crippen molar-refractivity contribution in [1.29, 1.82) is 0 Å². The standard InChI is InChI=1S/C30H39N7O7/c31-12-4-3-6-21(32)27(40)35-24(14-18-16-34-22-7-2-1-5-20(18)22)29(42)36-23(13-17-8-10-19(38)11-9-17)28(41)37-25(30(43)44)15-26(33)39/h1-2,5,7-11,16,21,23-25,34,38H,3-4,6,12-15,31-32H2,(H2,33,39)(H,35,40)(H,36,42)(H,37,41)(H,43,44). The fraction of sp³-hybridized carbons (Fsp3) is 0.367. The molecule has 0 saturated carbocycles. The van der Waals surface area contributed by atoms with E-state index in [0.29, 0.717) is 31.4 Å². The third-order valence-electron chi connectivity index (χ3n) is 7.07. The van der Waals surface area contributed by atoms with E-state index in [9.17, 15) is 34.2 Å². The summed E-state index contributed by atoms with van der Waals surface area (Å²) in [5, 5.41) is 27.6. The van der Waals surface area contributed by atoms with E-state index in [1.165, 1.54) is 24.3 Å². The summed E-state index contributed by atoms with van der Waals surface area (Å²) in [6.45, 7) is 0.451. The molecule has 0 radical (unpaired) electrons. The van der Waals surface area contributed by atoms with Crippen LogP contribution in [0, 0.1) is 0 Å². The van der Waals surface area contributed by atoms with Gasteiger partial charge in [0.15, 0.2) is 0 Å². The van der Waals surface area contributed by atoms with Gasteiger partial charge in [0.1, 0.15) is 23.9 Å². The van der Waals surface area contributed by atoms with Crippen LogP contribution in [-0.2, 0) is 36.8 Å². The number of carbonyl (C=O) groups is 5. The number of aromatic amines is 1. The number of hydrogen-bond acceptors (Lipinski definition) is 8. The van der Waals surface area contributed by atoms with Gasteiger partial charge in [0, 0.05) is 29.9 Å². The quantitative estimate of drug-likeness (QED) is 0.0895. The largest absolute Gasteiger partial charge is 0.508 e. The summed E-state index contributed by atoms with van der Waals surface area (Å²) in [5.41, 5.74) is 18.9. The maximum Gasteiger partial charge on any atom is 0.326 e. The first-order chi connectivity index (χ1) is 21.0. The maximum atomic E-state index is 13.8. The number of amides is 4. The maximum absolute atomic E-state index is 13.8. The number of fused-ring (bicyclic) bond motifs is 1. The fourth-order valence-corrected chi connectivity index (χ4v) is 4.67. The number of nitrogens with two attached hydrogens (primary N) is 3. The Labute approximate surface area is 253 Å². The molecule has 12 N–H and O–H groups in total. The molecule has 2 aromatic carbocycles. The van der Waals surface area contributed by atoms with Crippen molar-refractivity contribution in [3.63, 3.8) is 0 Å². The predicted molar refractivity (Wildman–Crippen MR) is 162 cm³/mol. The van der Waals surface area contributed by atoms with Crippen molar-refractivity contribution in [2.45, 2.75) is 62.7 Å². The molecule has 4 amide bonds. The number of carboxylic acids is 1. The molecule has 14 nitrogen and oxygen atoms in total. The van der Waals surface area contributed by atoms with Gasteiger partial charge in [-0.3, -0.25) is 19.2 Å². The highest BCUT2D eigenvalue weighted by Gasteiger charge is 2.31. The minimum absolute atomic E-state index is 0.0181. The number of unbranched alkanes of at least 4 members (excludes halogenated alkanes) is 1. The van der Waals surface area contributed by atoms with Crippen molar-refractivity contribution in [3.8, 4) is 5.75 Å². The first-order valence-electron chi connectivity index (χ1n) is 14.2. The summed E-state index contributed by atoms with van der Waals surface area (Å²) in [7, 11) is 0. The minimum Gasteiger partial charge on any atom is -0.508 e. The first-order valence-corrected chi connectivity index (χ1v) is 14.2. The van der Waals surface area contributed by atoms with E-state index < -0.39 is 60.2 Å². The van der Waals surface area contributed by atoms with Crippen molar-refractivity contribution < 1.29 is 34.2 Å². The number of aromatic hydroxyl groups is 1. The van der Waals surface area contributed by atoms with Gasteiger partial charge >= 0.3 is 5.97 Å². The second kappa shape index (κ2) is 16.0. The van der Waals surface area contributed by atoms with Crippen LogP contribution in [-0.4, -0.2) is 75.5 Å². The second-order valence-corrected chi connectivity index (χ2v) is 10.5. The van der Waals surface area contributed by atoms with Gasteiger partial charge in [0.05, 0.1) is 12.5 Å². The number of H-pyrrole nitrogens is 1. The number of carbonyl (C=O) groups excluding carboxylic acids is 4. The second-order valence-electron chi connectivity index (χ2n) is 10.5. The van der Waals surface area contributed by atoms with Gasteiger partial charge in [-0.15, -0.1) is 0 Å². The summed E-state index contributed by atoms with van der Waals surface area (Å²) >= 11 is 0. The highest BCUT2D eigenvalue weighted by molar-refractivity contribution is 5.95. The summed E-state index contributed by atoms with van der Waals surface area (Å²) in [6, 6.07) is 8.24. The zero-order chi connectivity index (χ0) is 32.2. The number of hydrogen-bond donors (Lipinski definition) is 9. The monoisotopic (exact) mass is 609 g/mol. The molecule has 0 aliphatic carbocycles. The van der Waals surface area contributed by atoms with Crippen LogP contribution in [0.5, 0.6) is 5.75 Å². The Balaban J connectivity index is 1.89. The zero-order valence-corrected chi connectivity index (χ0v) is 24.1. The Morgan fingerprint density at radius 1 is 0.818 bits per heavy atom. The van der Waals surface area contributed by atoms with E-state index >= 15 is 0 Å².